The SMILES string of the molecule is OC(CSC1CCCCC1)Cc1ccccn1. The van der Waals surface area contributed by atoms with Gasteiger partial charge in [0.1, 0.15) is 0 Å². The summed E-state index contributed by atoms with van der Waals surface area (Å²) in [4.78, 5) is 4.24. The summed E-state index contributed by atoms with van der Waals surface area (Å²) < 4.78 is 0. The molecule has 94 valence electrons. The standard InChI is InChI=1S/C14H21NOS/c16-13(10-12-6-4-5-9-15-12)11-17-14-7-2-1-3-8-14/h4-6,9,13-14,16H,1-3,7-8,10-11H2. The molecule has 1 atom stereocenters. The van der Waals surface area contributed by atoms with E-state index in [9.17, 15) is 5.11 Å². The molecule has 0 spiro atoms. The number of hydrogen-bond acceptors (Lipinski definition) is 3. The average Bonchev–Trinajstić information content (AvgIpc) is 2.39. The van der Waals surface area contributed by atoms with Crippen molar-refractivity contribution in [2.75, 3.05) is 5.75 Å². The Balaban J connectivity index is 1.68. The van der Waals surface area contributed by atoms with Crippen LogP contribution in [0.15, 0.2) is 24.4 Å². The lowest BCUT2D eigenvalue weighted by Gasteiger charge is -2.22. The monoisotopic (exact) mass is 251 g/mol. The summed E-state index contributed by atoms with van der Waals surface area (Å²) in [6.07, 6.45) is 9.02. The Kier molecular flexibility index (Phi) is 5.33. The Labute approximate surface area is 108 Å². The van der Waals surface area contributed by atoms with Gasteiger partial charge in [-0.15, -0.1) is 0 Å². The van der Waals surface area contributed by atoms with Crippen molar-refractivity contribution in [2.24, 2.45) is 0 Å². The van der Waals surface area contributed by atoms with Gasteiger partial charge in [-0.3, -0.25) is 4.98 Å². The highest BCUT2D eigenvalue weighted by Gasteiger charge is 2.15. The number of rotatable bonds is 5. The minimum atomic E-state index is -0.253. The largest absolute Gasteiger partial charge is 0.392 e. The van der Waals surface area contributed by atoms with E-state index in [2.05, 4.69) is 4.98 Å². The molecule has 1 fully saturated rings. The van der Waals surface area contributed by atoms with Gasteiger partial charge in [-0.25, -0.2) is 0 Å². The molecule has 0 aromatic carbocycles. The highest BCUT2D eigenvalue weighted by atomic mass is 32.2. The summed E-state index contributed by atoms with van der Waals surface area (Å²) in [5.41, 5.74) is 0.990. The van der Waals surface area contributed by atoms with Crippen LogP contribution in [0.5, 0.6) is 0 Å². The van der Waals surface area contributed by atoms with Crippen LogP contribution < -0.4 is 0 Å². The Hall–Kier alpha value is -0.540. The zero-order valence-corrected chi connectivity index (χ0v) is 11.0. The van der Waals surface area contributed by atoms with Crippen LogP contribution in [0, 0.1) is 0 Å². The second kappa shape index (κ2) is 7.02. The number of aliphatic hydroxyl groups is 1. The van der Waals surface area contributed by atoms with E-state index >= 15 is 0 Å². The molecule has 1 aliphatic rings. The van der Waals surface area contributed by atoms with Crippen molar-refractivity contribution in [2.45, 2.75) is 49.9 Å². The lowest BCUT2D eigenvalue weighted by molar-refractivity contribution is 0.198. The molecule has 0 radical (unpaired) electrons. The number of thioether (sulfide) groups is 1. The fourth-order valence-corrected chi connectivity index (χ4v) is 3.58. The molecule has 0 amide bonds. The minimum Gasteiger partial charge on any atom is -0.392 e. The van der Waals surface area contributed by atoms with E-state index < -0.39 is 0 Å². The van der Waals surface area contributed by atoms with Crippen LogP contribution in [0.4, 0.5) is 0 Å². The van der Waals surface area contributed by atoms with Gasteiger partial charge in [-0.2, -0.15) is 11.8 Å². The number of aromatic nitrogens is 1. The highest BCUT2D eigenvalue weighted by Crippen LogP contribution is 2.28. The van der Waals surface area contributed by atoms with Gasteiger partial charge in [0.05, 0.1) is 6.10 Å². The second-order valence-electron chi connectivity index (χ2n) is 4.77. The molecule has 17 heavy (non-hydrogen) atoms. The van der Waals surface area contributed by atoms with Gasteiger partial charge in [0.15, 0.2) is 0 Å². The molecule has 1 N–H and O–H groups in total. The maximum Gasteiger partial charge on any atom is 0.0686 e. The molecule has 1 aliphatic carbocycles. The van der Waals surface area contributed by atoms with Gasteiger partial charge in [-0.1, -0.05) is 25.3 Å². The molecule has 2 rings (SSSR count). The molecule has 1 unspecified atom stereocenters. The van der Waals surface area contributed by atoms with E-state index in [0.29, 0.717) is 6.42 Å². The normalized spacial score (nSPS) is 19.1. The van der Waals surface area contributed by atoms with Crippen molar-refractivity contribution in [3.63, 3.8) is 0 Å². The zero-order valence-electron chi connectivity index (χ0n) is 10.2. The number of hydrogen-bond donors (Lipinski definition) is 1. The number of pyridine rings is 1. The maximum atomic E-state index is 9.97. The summed E-state index contributed by atoms with van der Waals surface area (Å²) in [5, 5.41) is 10.8. The third-order valence-electron chi connectivity index (χ3n) is 3.25. The smallest absolute Gasteiger partial charge is 0.0686 e. The van der Waals surface area contributed by atoms with E-state index in [-0.39, 0.29) is 6.10 Å². The Morgan fingerprint density at radius 3 is 2.82 bits per heavy atom. The van der Waals surface area contributed by atoms with Crippen molar-refractivity contribution < 1.29 is 5.11 Å². The predicted molar refractivity (Wildman–Crippen MR) is 73.3 cm³/mol. The molecule has 2 nitrogen and oxygen atoms in total. The minimum absolute atomic E-state index is 0.253. The number of aliphatic hydroxyl groups excluding tert-OH is 1. The zero-order chi connectivity index (χ0) is 11.9. The van der Waals surface area contributed by atoms with Gasteiger partial charge in [0.25, 0.3) is 0 Å². The lowest BCUT2D eigenvalue weighted by atomic mass is 10.0. The van der Waals surface area contributed by atoms with E-state index in [1.807, 2.05) is 30.0 Å². The fourth-order valence-electron chi connectivity index (χ4n) is 2.30. The molecule has 0 saturated heterocycles. The molecule has 0 bridgehead atoms. The van der Waals surface area contributed by atoms with Crippen molar-refractivity contribution in [1.82, 2.24) is 4.98 Å². The Morgan fingerprint density at radius 1 is 1.29 bits per heavy atom. The Morgan fingerprint density at radius 2 is 2.12 bits per heavy atom. The van der Waals surface area contributed by atoms with Crippen LogP contribution in [0.2, 0.25) is 0 Å². The first kappa shape index (κ1) is 12.9. The van der Waals surface area contributed by atoms with E-state index in [1.165, 1.54) is 32.1 Å². The summed E-state index contributed by atoms with van der Waals surface area (Å²) >= 11 is 1.95. The molecule has 1 aromatic rings. The van der Waals surface area contributed by atoms with Crippen LogP contribution >= 0.6 is 11.8 Å². The summed E-state index contributed by atoms with van der Waals surface area (Å²) in [6, 6.07) is 5.87. The molecule has 1 saturated carbocycles. The first-order valence-corrected chi connectivity index (χ1v) is 7.59. The lowest BCUT2D eigenvalue weighted by Crippen LogP contribution is -2.18. The molecule has 3 heteroatoms. The first-order valence-electron chi connectivity index (χ1n) is 6.54. The third kappa shape index (κ3) is 4.68. The third-order valence-corrected chi connectivity index (χ3v) is 4.77. The van der Waals surface area contributed by atoms with Crippen LogP contribution in [-0.2, 0) is 6.42 Å². The van der Waals surface area contributed by atoms with Crippen molar-refractivity contribution >= 4 is 11.8 Å². The van der Waals surface area contributed by atoms with Crippen LogP contribution in [-0.4, -0.2) is 27.2 Å². The van der Waals surface area contributed by atoms with Crippen LogP contribution in [0.3, 0.4) is 0 Å². The first-order chi connectivity index (χ1) is 8.34. The predicted octanol–water partition coefficient (Wildman–Crippen LogP) is 3.05. The Bertz CT molecular complexity index is 311. The van der Waals surface area contributed by atoms with Gasteiger partial charge >= 0.3 is 0 Å². The fraction of sp³-hybridized carbons (Fsp3) is 0.643. The molecule has 0 aliphatic heterocycles. The van der Waals surface area contributed by atoms with Gasteiger partial charge in [0, 0.05) is 29.3 Å². The highest BCUT2D eigenvalue weighted by molar-refractivity contribution is 7.99. The van der Waals surface area contributed by atoms with Gasteiger partial charge < -0.3 is 5.11 Å². The second-order valence-corrected chi connectivity index (χ2v) is 6.11. The summed E-state index contributed by atoms with van der Waals surface area (Å²) in [6.45, 7) is 0. The summed E-state index contributed by atoms with van der Waals surface area (Å²) in [7, 11) is 0. The quantitative estimate of drug-likeness (QED) is 0.873. The average molecular weight is 251 g/mol. The maximum absolute atomic E-state index is 9.97. The van der Waals surface area contributed by atoms with E-state index in [0.717, 1.165) is 16.7 Å². The molecule has 1 heterocycles. The van der Waals surface area contributed by atoms with Gasteiger partial charge in [0.2, 0.25) is 0 Å². The van der Waals surface area contributed by atoms with Crippen LogP contribution in [0.1, 0.15) is 37.8 Å². The van der Waals surface area contributed by atoms with Crippen molar-refractivity contribution in [3.8, 4) is 0 Å². The topological polar surface area (TPSA) is 33.1 Å². The van der Waals surface area contributed by atoms with Crippen molar-refractivity contribution in [1.29, 1.82) is 0 Å². The van der Waals surface area contributed by atoms with Crippen LogP contribution in [0.25, 0.3) is 0 Å². The van der Waals surface area contributed by atoms with E-state index in [4.69, 9.17) is 0 Å². The van der Waals surface area contributed by atoms with Gasteiger partial charge in [-0.05, 0) is 25.0 Å². The molecule has 1 aromatic heterocycles. The van der Waals surface area contributed by atoms with E-state index in [1.54, 1.807) is 6.20 Å². The number of nitrogens with zero attached hydrogens (tertiary/aromatic N) is 1. The summed E-state index contributed by atoms with van der Waals surface area (Å²) in [5.74, 6) is 0.848. The molecular weight excluding hydrogens is 230 g/mol. The molecular formula is C14H21NOS. The van der Waals surface area contributed by atoms with Crippen molar-refractivity contribution in [3.05, 3.63) is 30.1 Å².